The quantitative estimate of drug-likeness (QED) is 0.354. The van der Waals surface area contributed by atoms with E-state index in [0.29, 0.717) is 54.7 Å². The van der Waals surface area contributed by atoms with E-state index >= 15 is 0 Å². The van der Waals surface area contributed by atoms with E-state index in [9.17, 15) is 14.7 Å². The Kier molecular flexibility index (Phi) is 6.78. The van der Waals surface area contributed by atoms with Gasteiger partial charge >= 0.3 is 6.09 Å². The molecule has 3 aliphatic heterocycles. The van der Waals surface area contributed by atoms with Crippen LogP contribution >= 0.6 is 11.8 Å². The SMILES string of the molecule is COc1ccc2nccc(C(NCC3CN(c4ccc5c(c4)NC(=O)CS5)C(=O)O3)[C@@H]3CNC[C@H]3O)c2n1. The van der Waals surface area contributed by atoms with E-state index in [2.05, 4.69) is 25.9 Å². The van der Waals surface area contributed by atoms with Crippen molar-refractivity contribution in [3.63, 3.8) is 0 Å². The molecule has 3 aromatic rings. The number of aliphatic hydroxyl groups is 1. The van der Waals surface area contributed by atoms with Crippen molar-refractivity contribution >= 4 is 46.2 Å². The lowest BCUT2D eigenvalue weighted by atomic mass is 9.89. The number of ether oxygens (including phenoxy) is 2. The standard InChI is InChI=1S/C26H28N6O5S/c1-36-23-5-3-18-25(31-23)16(6-7-28-18)24(17-10-27-11-20(17)33)29-9-15-12-32(26(35)37-15)14-2-4-21-19(8-14)30-22(34)13-38-21/h2-8,15,17,20,24,27,29,33H,9-13H2,1H3,(H,30,34)/t15?,17-,20-,24?/m1/s1. The number of nitrogens with zero attached hydrogens (tertiary/aromatic N) is 3. The number of aliphatic hydroxyl groups excluding tert-OH is 1. The second-order valence-corrected chi connectivity index (χ2v) is 10.5. The number of hydrogen-bond acceptors (Lipinski definition) is 10. The number of cyclic esters (lactones) is 1. The van der Waals surface area contributed by atoms with Crippen molar-refractivity contribution in [2.24, 2.45) is 5.92 Å². The normalized spacial score (nSPS) is 23.7. The number of benzene rings is 1. The van der Waals surface area contributed by atoms with Crippen LogP contribution in [0.25, 0.3) is 11.0 Å². The molecule has 0 saturated carbocycles. The van der Waals surface area contributed by atoms with Gasteiger partial charge in [-0.2, -0.15) is 0 Å². The van der Waals surface area contributed by atoms with Gasteiger partial charge in [-0.05, 0) is 35.9 Å². The van der Waals surface area contributed by atoms with Crippen molar-refractivity contribution in [3.05, 3.63) is 48.2 Å². The first kappa shape index (κ1) is 24.9. The smallest absolute Gasteiger partial charge is 0.414 e. The fourth-order valence-electron chi connectivity index (χ4n) is 5.25. The number of methoxy groups -OCH3 is 1. The van der Waals surface area contributed by atoms with Gasteiger partial charge in [0.1, 0.15) is 6.10 Å². The zero-order chi connectivity index (χ0) is 26.2. The molecule has 4 atom stereocenters. The minimum atomic E-state index is -0.549. The van der Waals surface area contributed by atoms with Crippen LogP contribution in [0.15, 0.2) is 47.5 Å². The molecule has 1 aromatic carbocycles. The molecular weight excluding hydrogens is 508 g/mol. The maximum Gasteiger partial charge on any atom is 0.414 e. The van der Waals surface area contributed by atoms with Crippen molar-refractivity contribution in [2.75, 3.05) is 49.3 Å². The summed E-state index contributed by atoms with van der Waals surface area (Å²) in [7, 11) is 1.57. The number of nitrogens with one attached hydrogen (secondary N) is 3. The molecule has 6 rings (SSSR count). The summed E-state index contributed by atoms with van der Waals surface area (Å²) in [6.07, 6.45) is 0.339. The van der Waals surface area contributed by atoms with Crippen LogP contribution in [-0.2, 0) is 9.53 Å². The molecule has 3 aliphatic rings. The zero-order valence-electron chi connectivity index (χ0n) is 20.7. The molecule has 2 unspecified atom stereocenters. The maximum absolute atomic E-state index is 12.8. The molecule has 0 bridgehead atoms. The Morgan fingerprint density at radius 3 is 2.97 bits per heavy atom. The predicted octanol–water partition coefficient (Wildman–Crippen LogP) is 1.92. The second-order valence-electron chi connectivity index (χ2n) is 9.53. The largest absolute Gasteiger partial charge is 0.481 e. The van der Waals surface area contributed by atoms with Crippen molar-refractivity contribution in [2.45, 2.75) is 23.1 Å². The van der Waals surface area contributed by atoms with E-state index in [-0.39, 0.29) is 17.9 Å². The maximum atomic E-state index is 12.8. The molecule has 2 saturated heterocycles. The van der Waals surface area contributed by atoms with Gasteiger partial charge in [0.15, 0.2) is 0 Å². The second kappa shape index (κ2) is 10.4. The summed E-state index contributed by atoms with van der Waals surface area (Å²) >= 11 is 1.47. The Labute approximate surface area is 223 Å². The highest BCUT2D eigenvalue weighted by Crippen LogP contribution is 2.36. The molecule has 0 aliphatic carbocycles. The molecule has 198 valence electrons. The Morgan fingerprint density at radius 1 is 1.26 bits per heavy atom. The van der Waals surface area contributed by atoms with E-state index in [1.54, 1.807) is 24.3 Å². The summed E-state index contributed by atoms with van der Waals surface area (Å²) in [6.45, 7) is 1.86. The van der Waals surface area contributed by atoms with Gasteiger partial charge in [0.05, 0.1) is 42.2 Å². The number of pyridine rings is 2. The number of amides is 2. The molecule has 2 amide bonds. The van der Waals surface area contributed by atoms with Gasteiger partial charge in [-0.15, -0.1) is 11.8 Å². The predicted molar refractivity (Wildman–Crippen MR) is 143 cm³/mol. The monoisotopic (exact) mass is 536 g/mol. The van der Waals surface area contributed by atoms with Gasteiger partial charge in [-0.25, -0.2) is 9.78 Å². The number of aromatic nitrogens is 2. The summed E-state index contributed by atoms with van der Waals surface area (Å²) < 4.78 is 11.0. The minimum absolute atomic E-state index is 0.0592. The molecule has 12 heteroatoms. The average molecular weight is 537 g/mol. The van der Waals surface area contributed by atoms with Gasteiger partial charge in [0.25, 0.3) is 0 Å². The number of carbonyl (C=O) groups is 2. The van der Waals surface area contributed by atoms with Crippen molar-refractivity contribution in [1.29, 1.82) is 0 Å². The van der Waals surface area contributed by atoms with Crippen molar-refractivity contribution in [1.82, 2.24) is 20.6 Å². The van der Waals surface area contributed by atoms with Crippen LogP contribution in [0.1, 0.15) is 11.6 Å². The van der Waals surface area contributed by atoms with Crippen LogP contribution in [-0.4, -0.2) is 78.3 Å². The van der Waals surface area contributed by atoms with E-state index in [4.69, 9.17) is 9.47 Å². The highest BCUT2D eigenvalue weighted by molar-refractivity contribution is 8.00. The van der Waals surface area contributed by atoms with Gasteiger partial charge in [0, 0.05) is 54.4 Å². The number of rotatable bonds is 7. The van der Waals surface area contributed by atoms with Crippen LogP contribution in [0, 0.1) is 5.92 Å². The molecule has 0 spiro atoms. The summed E-state index contributed by atoms with van der Waals surface area (Å²) in [5.74, 6) is 0.683. The topological polar surface area (TPSA) is 138 Å². The van der Waals surface area contributed by atoms with Crippen LogP contribution in [0.2, 0.25) is 0 Å². The van der Waals surface area contributed by atoms with Crippen LogP contribution in [0.4, 0.5) is 16.2 Å². The van der Waals surface area contributed by atoms with Crippen molar-refractivity contribution in [3.8, 4) is 5.88 Å². The number of carbonyl (C=O) groups excluding carboxylic acids is 2. The number of anilines is 2. The zero-order valence-corrected chi connectivity index (χ0v) is 21.5. The third-order valence-electron chi connectivity index (χ3n) is 7.14. The van der Waals surface area contributed by atoms with E-state index in [1.807, 2.05) is 30.3 Å². The Hall–Kier alpha value is -3.45. The van der Waals surface area contributed by atoms with E-state index in [0.717, 1.165) is 16.0 Å². The lowest BCUT2D eigenvalue weighted by Gasteiger charge is -2.28. The van der Waals surface area contributed by atoms with E-state index < -0.39 is 18.3 Å². The fraction of sp³-hybridized carbons (Fsp3) is 0.385. The summed E-state index contributed by atoms with van der Waals surface area (Å²) in [5, 5.41) is 20.4. The Bertz CT molecular complexity index is 1390. The first-order valence-corrected chi connectivity index (χ1v) is 13.5. The molecule has 4 N–H and O–H groups in total. The first-order chi connectivity index (χ1) is 18.5. The minimum Gasteiger partial charge on any atom is -0.481 e. The number of fused-ring (bicyclic) bond motifs is 2. The molecule has 11 nitrogen and oxygen atoms in total. The molecule has 5 heterocycles. The lowest BCUT2D eigenvalue weighted by Crippen LogP contribution is -2.39. The van der Waals surface area contributed by atoms with Gasteiger partial charge < -0.3 is 30.5 Å². The van der Waals surface area contributed by atoms with Crippen LogP contribution < -0.4 is 25.6 Å². The third-order valence-corrected chi connectivity index (χ3v) is 8.21. The fourth-order valence-corrected chi connectivity index (χ4v) is 6.03. The number of thioether (sulfide) groups is 1. The molecule has 2 aromatic heterocycles. The molecule has 38 heavy (non-hydrogen) atoms. The van der Waals surface area contributed by atoms with Gasteiger partial charge in [0.2, 0.25) is 11.8 Å². The summed E-state index contributed by atoms with van der Waals surface area (Å²) in [6, 6.07) is 10.9. The first-order valence-electron chi connectivity index (χ1n) is 12.5. The van der Waals surface area contributed by atoms with Crippen molar-refractivity contribution < 1.29 is 24.2 Å². The van der Waals surface area contributed by atoms with E-state index in [1.165, 1.54) is 11.8 Å². The molecule has 2 fully saturated rings. The lowest BCUT2D eigenvalue weighted by molar-refractivity contribution is -0.113. The summed E-state index contributed by atoms with van der Waals surface area (Å²) in [4.78, 5) is 36.2. The molecule has 0 radical (unpaired) electrons. The van der Waals surface area contributed by atoms with Gasteiger partial charge in [-0.3, -0.25) is 14.7 Å². The highest BCUT2D eigenvalue weighted by Gasteiger charge is 2.37. The number of hydrogen-bond donors (Lipinski definition) is 4. The average Bonchev–Trinajstić information content (AvgIpc) is 3.53. The Morgan fingerprint density at radius 2 is 2.16 bits per heavy atom. The van der Waals surface area contributed by atoms with Crippen LogP contribution in [0.3, 0.4) is 0 Å². The Balaban J connectivity index is 1.22. The van der Waals surface area contributed by atoms with Crippen LogP contribution in [0.5, 0.6) is 5.88 Å². The summed E-state index contributed by atoms with van der Waals surface area (Å²) in [5.41, 5.74) is 3.69. The number of β-amino-alcohol motifs (C(OH)–C–C–N with tert-alkyl or cyclic N) is 1. The van der Waals surface area contributed by atoms with Gasteiger partial charge in [-0.1, -0.05) is 0 Å². The molecular formula is C26H28N6O5S. The highest BCUT2D eigenvalue weighted by atomic mass is 32.2. The third kappa shape index (κ3) is 4.75.